The number of esters is 1. The van der Waals surface area contributed by atoms with Crippen molar-refractivity contribution in [2.75, 3.05) is 11.9 Å². The van der Waals surface area contributed by atoms with Gasteiger partial charge in [-0.3, -0.25) is 23.4 Å². The van der Waals surface area contributed by atoms with Crippen molar-refractivity contribution in [2.24, 2.45) is 17.8 Å². The van der Waals surface area contributed by atoms with Crippen LogP contribution in [0.1, 0.15) is 126 Å². The van der Waals surface area contributed by atoms with Crippen LogP contribution in [0.2, 0.25) is 0 Å². The highest BCUT2D eigenvalue weighted by Gasteiger charge is 2.54. The highest BCUT2D eigenvalue weighted by molar-refractivity contribution is 7.86. The Morgan fingerprint density at radius 2 is 1.52 bits per heavy atom. The Labute approximate surface area is 497 Å². The summed E-state index contributed by atoms with van der Waals surface area (Å²) in [7, 11) is -9.85. The van der Waals surface area contributed by atoms with Gasteiger partial charge in [0.05, 0.1) is 41.1 Å². The van der Waals surface area contributed by atoms with E-state index < -0.39 is 146 Å². The van der Waals surface area contributed by atoms with Crippen LogP contribution in [0.15, 0.2) is 76.7 Å². The van der Waals surface area contributed by atoms with Crippen molar-refractivity contribution in [2.45, 2.75) is 213 Å². The third-order valence-corrected chi connectivity index (χ3v) is 18.4. The fraction of sp³-hybridized carbons (Fsp3) is 0.621. The smallest absolute Gasteiger partial charge is 0.338 e. The number of carbonyl (C=O) groups is 4. The normalized spacial score (nSPS) is 28.8. The number of carboxylic acid groups (broad SMARTS) is 1. The molecule has 1 aromatic heterocycles. The fourth-order valence-electron chi connectivity index (χ4n) is 12.1. The van der Waals surface area contributed by atoms with Gasteiger partial charge in [0.15, 0.2) is 24.8 Å². The van der Waals surface area contributed by atoms with Gasteiger partial charge in [0, 0.05) is 42.6 Å². The second kappa shape index (κ2) is 29.7. The molecule has 0 bridgehead atoms. The highest BCUT2D eigenvalue weighted by Crippen LogP contribution is 2.42. The zero-order valence-electron chi connectivity index (χ0n) is 47.8. The van der Waals surface area contributed by atoms with Crippen LogP contribution in [-0.2, 0) is 76.0 Å². The first-order valence-corrected chi connectivity index (χ1v) is 32.1. The molecule has 2 saturated heterocycles. The van der Waals surface area contributed by atoms with Crippen LogP contribution in [0.3, 0.4) is 0 Å². The molecule has 4 fully saturated rings. The van der Waals surface area contributed by atoms with Crippen LogP contribution in [0.25, 0.3) is 10.8 Å². The topological polar surface area (TPSA) is 397 Å². The van der Waals surface area contributed by atoms with Gasteiger partial charge in [0.2, 0.25) is 5.91 Å². The van der Waals surface area contributed by atoms with Gasteiger partial charge in [-0.2, -0.15) is 16.8 Å². The standard InChI is InChI=1S/C58H78N4O22S2/c1-3-34-26-37(41(64)22-11-10-20-38-30-62(61-60-38)24-13-12-23-46(65)59-40-21-14-19-36-27-39(85(73,74)75)29-45(47(36)40)86(76,77)78)28-42(52(34)84-57-51(69)50(68)48(66)32(2)79-57)81-58-54(83-56(72)35-17-8-5-9-18-35)53(49(67)44(31-63)82-58)80-43(55(70)71)25-33-15-6-4-7-16-33/h5,8-9,14,17-19,21,27,29-30,32-34,37,42-44,48-54,57-58,63,66-69H,3-4,6-7,10-13,15-16,20,22-26,28,31H2,1-2H3,(H,59,65)(H,70,71)(H,73,74,75)(H,76,77,78)/t32?,34?,37?,42?,43-,44?,48?,49?,50?,51?,52?,53?,54?,57?,58?/m0/s1. The summed E-state index contributed by atoms with van der Waals surface area (Å²) in [6, 6.07) is 13.7. The fourth-order valence-corrected chi connectivity index (χ4v) is 13.4. The molecular formula is C58H78N4O22S2. The van der Waals surface area contributed by atoms with Crippen molar-refractivity contribution in [3.8, 4) is 0 Å². The number of aliphatic carboxylic acids is 1. The zero-order chi connectivity index (χ0) is 62.0. The summed E-state index contributed by atoms with van der Waals surface area (Å²) in [6.07, 6.45) is -9.66. The van der Waals surface area contributed by atoms with Crippen LogP contribution in [-0.4, -0.2) is 182 Å². The predicted molar refractivity (Wildman–Crippen MR) is 302 cm³/mol. The Balaban J connectivity index is 0.923. The molecule has 9 N–H and O–H groups in total. The van der Waals surface area contributed by atoms with Gasteiger partial charge in [0.1, 0.15) is 47.3 Å². The molecule has 86 heavy (non-hydrogen) atoms. The second-order valence-corrected chi connectivity index (χ2v) is 25.7. The van der Waals surface area contributed by atoms with Crippen LogP contribution in [0, 0.1) is 17.8 Å². The van der Waals surface area contributed by atoms with Crippen molar-refractivity contribution in [1.82, 2.24) is 15.0 Å². The van der Waals surface area contributed by atoms with E-state index in [1.54, 1.807) is 29.1 Å². The van der Waals surface area contributed by atoms with E-state index >= 15 is 0 Å². The number of aliphatic hydroxyl groups excluding tert-OH is 5. The van der Waals surface area contributed by atoms with Gasteiger partial charge in [0.25, 0.3) is 20.2 Å². The van der Waals surface area contributed by atoms with E-state index in [4.69, 9.17) is 28.4 Å². The third-order valence-electron chi connectivity index (χ3n) is 16.7. The van der Waals surface area contributed by atoms with E-state index in [0.29, 0.717) is 63.3 Å². The molecule has 2 aliphatic heterocycles. The molecule has 14 unspecified atom stereocenters. The molecule has 28 heteroatoms. The maximum absolute atomic E-state index is 14.4. The zero-order valence-corrected chi connectivity index (χ0v) is 49.4. The van der Waals surface area contributed by atoms with E-state index in [1.165, 1.54) is 37.3 Å². The lowest BCUT2D eigenvalue weighted by atomic mass is 9.74. The van der Waals surface area contributed by atoms with E-state index in [1.807, 2.05) is 6.92 Å². The van der Waals surface area contributed by atoms with Crippen LogP contribution in [0.4, 0.5) is 5.69 Å². The lowest BCUT2D eigenvalue weighted by Gasteiger charge is -2.49. The third kappa shape index (κ3) is 16.8. The lowest BCUT2D eigenvalue weighted by Crippen LogP contribution is -2.64. The number of benzene rings is 3. The minimum atomic E-state index is -5.00. The van der Waals surface area contributed by atoms with Gasteiger partial charge in [-0.05, 0) is 106 Å². The molecule has 26 nitrogen and oxygen atoms in total. The summed E-state index contributed by atoms with van der Waals surface area (Å²) in [6.45, 7) is 2.96. The molecule has 0 spiro atoms. The number of aromatic nitrogens is 3. The second-order valence-electron chi connectivity index (χ2n) is 22.8. The number of amides is 1. The summed E-state index contributed by atoms with van der Waals surface area (Å²) >= 11 is 0. The number of nitrogens with one attached hydrogen (secondary N) is 1. The maximum atomic E-state index is 14.4. The van der Waals surface area contributed by atoms with E-state index in [0.717, 1.165) is 38.2 Å². The molecule has 8 rings (SSSR count). The molecule has 3 heterocycles. The largest absolute Gasteiger partial charge is 0.479 e. The Morgan fingerprint density at radius 1 is 0.791 bits per heavy atom. The predicted octanol–water partition coefficient (Wildman–Crippen LogP) is 4.16. The molecule has 2 aliphatic carbocycles. The minimum Gasteiger partial charge on any atom is -0.479 e. The van der Waals surface area contributed by atoms with Gasteiger partial charge >= 0.3 is 11.9 Å². The Morgan fingerprint density at radius 3 is 2.21 bits per heavy atom. The van der Waals surface area contributed by atoms with Gasteiger partial charge in [-0.1, -0.05) is 81.0 Å². The molecule has 1 amide bonds. The Bertz CT molecular complexity index is 3180. The number of anilines is 1. The molecule has 0 radical (unpaired) electrons. The van der Waals surface area contributed by atoms with Gasteiger partial charge in [-0.15, -0.1) is 5.10 Å². The van der Waals surface area contributed by atoms with Crippen LogP contribution >= 0.6 is 0 Å². The quantitative estimate of drug-likeness (QED) is 0.0230. The van der Waals surface area contributed by atoms with E-state index in [2.05, 4.69) is 15.6 Å². The van der Waals surface area contributed by atoms with Gasteiger partial charge < -0.3 is 64.4 Å². The summed E-state index contributed by atoms with van der Waals surface area (Å²) in [4.78, 5) is 52.7. The number of carbonyl (C=O) groups excluding carboxylic acids is 3. The van der Waals surface area contributed by atoms with Crippen molar-refractivity contribution in [3.63, 3.8) is 0 Å². The average Bonchev–Trinajstić information content (AvgIpc) is 1.10. The maximum Gasteiger partial charge on any atom is 0.338 e. The number of Topliss-reactive ketones (excluding diaryl/α,β-unsaturated/α-hetero) is 1. The number of aliphatic hydroxyl groups is 5. The number of nitrogens with zero attached hydrogens (tertiary/aromatic N) is 3. The Hall–Kier alpha value is -5.44. The monoisotopic (exact) mass is 1250 g/mol. The molecular weight excluding hydrogens is 1170 g/mol. The van der Waals surface area contributed by atoms with E-state index in [9.17, 15) is 75.8 Å². The van der Waals surface area contributed by atoms with Crippen molar-refractivity contribution < 1.29 is 104 Å². The first kappa shape index (κ1) is 66.5. The molecule has 474 valence electrons. The molecule has 2 saturated carbocycles. The number of ether oxygens (including phenoxy) is 6. The number of hydrogen-bond donors (Lipinski definition) is 9. The van der Waals surface area contributed by atoms with Crippen molar-refractivity contribution >= 4 is 60.3 Å². The number of hydrogen-bond acceptors (Lipinski definition) is 21. The SMILES string of the molecule is CCC1CC(C(=O)CCCCc2cn(CCCCC(=O)Nc3cccc4cc(S(=O)(=O)O)cc(S(=O)(=O)O)c34)nn2)CC(OC2OC(CO)C(O)C(O[C@@H](CC3CCCCC3)C(=O)O)C2OC(=O)c2ccccc2)C1OC1OC(C)C(O)C(O)C1O. The molecule has 4 aromatic rings. The highest BCUT2D eigenvalue weighted by atomic mass is 32.2. The van der Waals surface area contributed by atoms with Crippen molar-refractivity contribution in [3.05, 3.63) is 78.1 Å². The van der Waals surface area contributed by atoms with Gasteiger partial charge in [-0.25, -0.2) is 9.59 Å². The Kier molecular flexibility index (Phi) is 23.0. The molecule has 3 aromatic carbocycles. The summed E-state index contributed by atoms with van der Waals surface area (Å²) in [5, 5.41) is 76.4. The number of unbranched alkanes of at least 4 members (excludes halogenated alkanes) is 2. The van der Waals surface area contributed by atoms with Crippen LogP contribution in [0.5, 0.6) is 0 Å². The van der Waals surface area contributed by atoms with Crippen molar-refractivity contribution in [1.29, 1.82) is 0 Å². The number of fused-ring (bicyclic) bond motifs is 1. The number of aryl methyl sites for hydroxylation is 2. The summed E-state index contributed by atoms with van der Waals surface area (Å²) in [5.41, 5.74) is 0.755. The summed E-state index contributed by atoms with van der Waals surface area (Å²) < 4.78 is 107. The number of ketones is 1. The van der Waals surface area contributed by atoms with E-state index in [-0.39, 0.29) is 59.4 Å². The molecule has 15 atom stereocenters. The van der Waals surface area contributed by atoms with Crippen LogP contribution < -0.4 is 5.32 Å². The first-order chi connectivity index (χ1) is 40.9. The average molecular weight is 1250 g/mol. The first-order valence-electron chi connectivity index (χ1n) is 29.3. The summed E-state index contributed by atoms with van der Waals surface area (Å²) in [5.74, 6) is -3.92. The number of rotatable bonds is 27. The number of carboxylic acids is 1. The minimum absolute atomic E-state index is 0.00127. The molecule has 4 aliphatic rings. The lowest BCUT2D eigenvalue weighted by molar-refractivity contribution is -0.349.